The van der Waals surface area contributed by atoms with E-state index in [4.69, 9.17) is 9.47 Å². The van der Waals surface area contributed by atoms with Crippen LogP contribution in [0.5, 0.6) is 5.75 Å². The Kier molecular flexibility index (Phi) is 6.14. The molecule has 0 bridgehead atoms. The summed E-state index contributed by atoms with van der Waals surface area (Å²) in [5.74, 6) is -3.62. The normalized spacial score (nSPS) is 11.3. The molecule has 0 aliphatic heterocycles. The first-order valence-corrected chi connectivity index (χ1v) is 7.32. The number of nitrogens with one attached hydrogen (secondary N) is 1. The third-order valence-corrected chi connectivity index (χ3v) is 3.29. The number of ether oxygens (including phenoxy) is 2. The molecule has 2 aromatic rings. The zero-order valence-electron chi connectivity index (χ0n) is 13.5. The van der Waals surface area contributed by atoms with E-state index in [-0.39, 0.29) is 24.7 Å². The van der Waals surface area contributed by atoms with Gasteiger partial charge in [-0.15, -0.1) is 0 Å². The van der Waals surface area contributed by atoms with Gasteiger partial charge in [0.25, 0.3) is 5.91 Å². The minimum Gasteiger partial charge on any atom is -0.489 e. The van der Waals surface area contributed by atoms with Crippen LogP contribution < -0.4 is 10.1 Å². The molecule has 0 aliphatic rings. The van der Waals surface area contributed by atoms with Gasteiger partial charge >= 0.3 is 6.18 Å². The van der Waals surface area contributed by atoms with Gasteiger partial charge in [0, 0.05) is 7.11 Å². The van der Waals surface area contributed by atoms with Gasteiger partial charge in [0.15, 0.2) is 0 Å². The fraction of sp³-hybridized carbons (Fsp3) is 0.235. The molecular weight excluding hydrogens is 361 g/mol. The fourth-order valence-electron chi connectivity index (χ4n) is 2.06. The van der Waals surface area contributed by atoms with Crippen molar-refractivity contribution in [2.45, 2.75) is 6.18 Å². The van der Waals surface area contributed by atoms with Crippen LogP contribution in [0.4, 0.5) is 27.6 Å². The second-order valence-electron chi connectivity index (χ2n) is 5.10. The molecule has 0 unspecified atom stereocenters. The summed E-state index contributed by atoms with van der Waals surface area (Å²) >= 11 is 0. The van der Waals surface area contributed by atoms with Crippen molar-refractivity contribution in [2.75, 3.05) is 25.6 Å². The van der Waals surface area contributed by atoms with Crippen molar-refractivity contribution in [1.29, 1.82) is 0 Å². The van der Waals surface area contributed by atoms with Crippen LogP contribution in [0.2, 0.25) is 0 Å². The number of hydrogen-bond donors (Lipinski definition) is 1. The minimum absolute atomic E-state index is 0.00120. The first kappa shape index (κ1) is 19.6. The lowest BCUT2D eigenvalue weighted by molar-refractivity contribution is -0.137. The number of carbonyl (C=O) groups excluding carboxylic acids is 1. The summed E-state index contributed by atoms with van der Waals surface area (Å²) in [5.41, 5.74) is -2.34. The molecule has 0 saturated carbocycles. The van der Waals surface area contributed by atoms with Gasteiger partial charge in [-0.05, 0) is 30.3 Å². The van der Waals surface area contributed by atoms with E-state index in [0.717, 1.165) is 30.3 Å². The number of halogens is 5. The molecule has 0 spiro atoms. The van der Waals surface area contributed by atoms with Crippen molar-refractivity contribution < 1.29 is 36.2 Å². The average Bonchev–Trinajstić information content (AvgIpc) is 2.55. The highest BCUT2D eigenvalue weighted by atomic mass is 19.4. The lowest BCUT2D eigenvalue weighted by Crippen LogP contribution is -2.18. The molecule has 0 radical (unpaired) electrons. The van der Waals surface area contributed by atoms with Gasteiger partial charge in [-0.3, -0.25) is 4.79 Å². The second kappa shape index (κ2) is 8.13. The van der Waals surface area contributed by atoms with Crippen molar-refractivity contribution in [1.82, 2.24) is 0 Å². The summed E-state index contributed by atoms with van der Waals surface area (Å²) in [4.78, 5) is 12.1. The van der Waals surface area contributed by atoms with Gasteiger partial charge in [0.2, 0.25) is 0 Å². The molecule has 0 aliphatic carbocycles. The zero-order chi connectivity index (χ0) is 19.3. The lowest BCUT2D eigenvalue weighted by Gasteiger charge is -2.15. The Balaban J connectivity index is 2.36. The van der Waals surface area contributed by atoms with Crippen LogP contribution in [-0.2, 0) is 10.9 Å². The Bertz CT molecular complexity index is 772. The van der Waals surface area contributed by atoms with E-state index in [9.17, 15) is 26.7 Å². The van der Waals surface area contributed by atoms with E-state index < -0.39 is 34.8 Å². The van der Waals surface area contributed by atoms with Crippen molar-refractivity contribution in [2.24, 2.45) is 0 Å². The highest BCUT2D eigenvalue weighted by molar-refractivity contribution is 6.05. The molecule has 0 heterocycles. The summed E-state index contributed by atoms with van der Waals surface area (Å²) in [5, 5.41) is 2.06. The largest absolute Gasteiger partial charge is 0.489 e. The molecule has 0 aromatic heterocycles. The van der Waals surface area contributed by atoms with Gasteiger partial charge in [-0.25, -0.2) is 8.78 Å². The molecule has 2 rings (SSSR count). The van der Waals surface area contributed by atoms with E-state index in [2.05, 4.69) is 5.32 Å². The number of methoxy groups -OCH3 is 1. The first-order valence-electron chi connectivity index (χ1n) is 7.32. The summed E-state index contributed by atoms with van der Waals surface area (Å²) in [6.45, 7) is 0.148. The summed E-state index contributed by atoms with van der Waals surface area (Å²) in [6.07, 6.45) is -4.67. The molecule has 0 fully saturated rings. The Hall–Kier alpha value is -2.68. The molecule has 9 heteroatoms. The second-order valence-corrected chi connectivity index (χ2v) is 5.10. The predicted molar refractivity (Wildman–Crippen MR) is 83.1 cm³/mol. The van der Waals surface area contributed by atoms with E-state index in [1.807, 2.05) is 0 Å². The number of amides is 1. The minimum atomic E-state index is -4.67. The number of hydrogen-bond acceptors (Lipinski definition) is 3. The van der Waals surface area contributed by atoms with Crippen LogP contribution >= 0.6 is 0 Å². The maximum Gasteiger partial charge on any atom is 0.416 e. The zero-order valence-corrected chi connectivity index (χ0v) is 13.5. The van der Waals surface area contributed by atoms with E-state index >= 15 is 0 Å². The first-order chi connectivity index (χ1) is 12.2. The number of rotatable bonds is 6. The maximum atomic E-state index is 13.7. The van der Waals surface area contributed by atoms with E-state index in [1.54, 1.807) is 0 Å². The van der Waals surface area contributed by atoms with Gasteiger partial charge in [0.1, 0.15) is 29.6 Å². The quantitative estimate of drug-likeness (QED) is 0.606. The van der Waals surface area contributed by atoms with E-state index in [1.165, 1.54) is 7.11 Å². The van der Waals surface area contributed by atoms with Crippen LogP contribution in [0.25, 0.3) is 0 Å². The Morgan fingerprint density at radius 2 is 1.73 bits per heavy atom. The van der Waals surface area contributed by atoms with Crippen LogP contribution in [0.3, 0.4) is 0 Å². The third-order valence-electron chi connectivity index (χ3n) is 3.29. The molecule has 0 saturated heterocycles. The number of carbonyl (C=O) groups is 1. The molecule has 4 nitrogen and oxygen atoms in total. The fourth-order valence-corrected chi connectivity index (χ4v) is 2.06. The Morgan fingerprint density at radius 3 is 2.31 bits per heavy atom. The van der Waals surface area contributed by atoms with Crippen molar-refractivity contribution >= 4 is 11.6 Å². The van der Waals surface area contributed by atoms with Gasteiger partial charge in [-0.2, -0.15) is 13.2 Å². The standard InChI is InChI=1S/C17H14F5NO3/c1-25-7-8-26-14-6-5-10(17(20,21)22)9-13(14)23-16(24)15-11(18)3-2-4-12(15)19/h2-6,9H,7-8H2,1H3,(H,23,24). The lowest BCUT2D eigenvalue weighted by atomic mass is 10.1. The van der Waals surface area contributed by atoms with Gasteiger partial charge in [0.05, 0.1) is 17.9 Å². The topological polar surface area (TPSA) is 47.6 Å². The summed E-state index contributed by atoms with van der Waals surface area (Å²) in [6, 6.07) is 5.18. The molecular formula is C17H14F5NO3. The SMILES string of the molecule is COCCOc1ccc(C(F)(F)F)cc1NC(=O)c1c(F)cccc1F. The highest BCUT2D eigenvalue weighted by Crippen LogP contribution is 2.35. The molecule has 2 aromatic carbocycles. The number of anilines is 1. The third kappa shape index (κ3) is 4.69. The average molecular weight is 375 g/mol. The summed E-state index contributed by atoms with van der Waals surface area (Å²) < 4.78 is 76.1. The molecule has 1 amide bonds. The van der Waals surface area contributed by atoms with Crippen LogP contribution in [0.1, 0.15) is 15.9 Å². The summed E-state index contributed by atoms with van der Waals surface area (Å²) in [7, 11) is 1.40. The van der Waals surface area contributed by atoms with Crippen molar-refractivity contribution in [3.8, 4) is 5.75 Å². The molecule has 0 atom stereocenters. The molecule has 140 valence electrons. The number of benzene rings is 2. The maximum absolute atomic E-state index is 13.7. The van der Waals surface area contributed by atoms with E-state index in [0.29, 0.717) is 6.07 Å². The van der Waals surface area contributed by atoms with Crippen LogP contribution in [-0.4, -0.2) is 26.2 Å². The smallest absolute Gasteiger partial charge is 0.416 e. The van der Waals surface area contributed by atoms with Crippen molar-refractivity contribution in [3.05, 3.63) is 59.2 Å². The predicted octanol–water partition coefficient (Wildman–Crippen LogP) is 4.26. The molecule has 26 heavy (non-hydrogen) atoms. The monoisotopic (exact) mass is 375 g/mol. The Morgan fingerprint density at radius 1 is 1.08 bits per heavy atom. The van der Waals surface area contributed by atoms with Crippen molar-refractivity contribution in [3.63, 3.8) is 0 Å². The highest BCUT2D eigenvalue weighted by Gasteiger charge is 2.31. The van der Waals surface area contributed by atoms with Crippen LogP contribution in [0.15, 0.2) is 36.4 Å². The van der Waals surface area contributed by atoms with Gasteiger partial charge < -0.3 is 14.8 Å². The molecule has 1 N–H and O–H groups in total. The van der Waals surface area contributed by atoms with Gasteiger partial charge in [-0.1, -0.05) is 6.07 Å². The number of alkyl halides is 3. The van der Waals surface area contributed by atoms with Crippen LogP contribution in [0, 0.1) is 11.6 Å². The Labute approximate surface area is 145 Å².